The number of nitrogens with zero attached hydrogens (tertiary/aromatic N) is 2. The van der Waals surface area contributed by atoms with E-state index in [2.05, 4.69) is 25.3 Å². The van der Waals surface area contributed by atoms with Gasteiger partial charge in [0, 0.05) is 22.0 Å². The maximum Gasteiger partial charge on any atom is 0.387 e. The van der Waals surface area contributed by atoms with Crippen LogP contribution in [0.4, 0.5) is 8.78 Å². The zero-order chi connectivity index (χ0) is 18.2. The van der Waals surface area contributed by atoms with Crippen LogP contribution in [0.25, 0.3) is 0 Å². The van der Waals surface area contributed by atoms with E-state index in [1.165, 1.54) is 12.1 Å². The molecule has 0 aliphatic carbocycles. The number of aromatic nitrogens is 1. The summed E-state index contributed by atoms with van der Waals surface area (Å²) in [5.74, 6) is 0.635. The Morgan fingerprint density at radius 2 is 2.20 bits per heavy atom. The predicted octanol–water partition coefficient (Wildman–Crippen LogP) is 3.96. The number of aryl methyl sites for hydroxylation is 1. The van der Waals surface area contributed by atoms with Crippen molar-refractivity contribution in [2.24, 2.45) is 4.99 Å². The lowest BCUT2D eigenvalue weighted by molar-refractivity contribution is -0.0504. The number of halogens is 3. The van der Waals surface area contributed by atoms with Gasteiger partial charge in [0.1, 0.15) is 5.75 Å². The third-order valence-electron chi connectivity index (χ3n) is 3.25. The second-order valence-corrected chi connectivity index (χ2v) is 6.42. The van der Waals surface area contributed by atoms with Gasteiger partial charge in [0.15, 0.2) is 5.96 Å². The molecule has 0 aliphatic heterocycles. The van der Waals surface area contributed by atoms with Gasteiger partial charge in [-0.25, -0.2) is 9.98 Å². The first-order valence-corrected chi connectivity index (χ1v) is 8.89. The van der Waals surface area contributed by atoms with E-state index in [0.29, 0.717) is 29.6 Å². The Kier molecular flexibility index (Phi) is 7.39. The fourth-order valence-electron chi connectivity index (χ4n) is 2.05. The van der Waals surface area contributed by atoms with Crippen molar-refractivity contribution >= 4 is 28.9 Å². The lowest BCUT2D eigenvalue weighted by Crippen LogP contribution is -2.36. The fraction of sp³-hybridized carbons (Fsp3) is 0.375. The van der Waals surface area contributed by atoms with Gasteiger partial charge in [-0.1, -0.05) is 11.6 Å². The Bertz CT molecular complexity index is 724. The summed E-state index contributed by atoms with van der Waals surface area (Å²) in [4.78, 5) is 9.72. The zero-order valence-electron chi connectivity index (χ0n) is 13.9. The third kappa shape index (κ3) is 6.13. The van der Waals surface area contributed by atoms with E-state index in [9.17, 15) is 8.78 Å². The predicted molar refractivity (Wildman–Crippen MR) is 96.6 cm³/mol. The van der Waals surface area contributed by atoms with E-state index in [0.717, 1.165) is 10.6 Å². The molecule has 0 atom stereocenters. The number of alkyl halides is 2. The SMILES string of the molecule is CCNC(=NCc1cc(Cl)ccc1OC(F)F)NCc1scnc1C. The van der Waals surface area contributed by atoms with Gasteiger partial charge in [-0.15, -0.1) is 11.3 Å². The van der Waals surface area contributed by atoms with Crippen LogP contribution in [0.2, 0.25) is 5.02 Å². The lowest BCUT2D eigenvalue weighted by Gasteiger charge is -2.13. The smallest absolute Gasteiger partial charge is 0.387 e. The number of guanidine groups is 1. The van der Waals surface area contributed by atoms with Crippen LogP contribution < -0.4 is 15.4 Å². The van der Waals surface area contributed by atoms with Gasteiger partial charge in [0.05, 0.1) is 24.3 Å². The van der Waals surface area contributed by atoms with Crippen LogP contribution in [0.1, 0.15) is 23.1 Å². The monoisotopic (exact) mass is 388 g/mol. The highest BCUT2D eigenvalue weighted by Gasteiger charge is 2.11. The summed E-state index contributed by atoms with van der Waals surface area (Å²) in [6.07, 6.45) is 0. The van der Waals surface area contributed by atoms with E-state index in [1.54, 1.807) is 22.9 Å². The molecule has 0 amide bonds. The van der Waals surface area contributed by atoms with Gasteiger partial charge in [0.2, 0.25) is 0 Å². The average molecular weight is 389 g/mol. The highest BCUT2D eigenvalue weighted by Crippen LogP contribution is 2.25. The van der Waals surface area contributed by atoms with Gasteiger partial charge in [-0.3, -0.25) is 0 Å². The molecule has 0 unspecified atom stereocenters. The van der Waals surface area contributed by atoms with E-state index < -0.39 is 6.61 Å². The second-order valence-electron chi connectivity index (χ2n) is 5.04. The fourth-order valence-corrected chi connectivity index (χ4v) is 2.96. The number of nitrogens with one attached hydrogen (secondary N) is 2. The largest absolute Gasteiger partial charge is 0.434 e. The normalized spacial score (nSPS) is 11.7. The molecule has 2 aromatic rings. The van der Waals surface area contributed by atoms with Crippen molar-refractivity contribution in [1.29, 1.82) is 0 Å². The van der Waals surface area contributed by atoms with Crippen molar-refractivity contribution in [3.05, 3.63) is 44.9 Å². The Hall–Kier alpha value is -1.93. The summed E-state index contributed by atoms with van der Waals surface area (Å²) in [7, 11) is 0. The quantitative estimate of drug-likeness (QED) is 0.556. The molecule has 2 N–H and O–H groups in total. The van der Waals surface area contributed by atoms with Gasteiger partial charge in [0.25, 0.3) is 0 Å². The molecule has 2 rings (SSSR count). The number of thiazole rings is 1. The topological polar surface area (TPSA) is 58.5 Å². The maximum absolute atomic E-state index is 12.5. The highest BCUT2D eigenvalue weighted by molar-refractivity contribution is 7.09. The van der Waals surface area contributed by atoms with Crippen molar-refractivity contribution in [2.75, 3.05) is 6.54 Å². The Labute approximate surface area is 154 Å². The molecule has 0 bridgehead atoms. The van der Waals surface area contributed by atoms with Gasteiger partial charge < -0.3 is 15.4 Å². The van der Waals surface area contributed by atoms with E-state index in [-0.39, 0.29) is 12.3 Å². The molecule has 0 aliphatic rings. The van der Waals surface area contributed by atoms with E-state index in [4.69, 9.17) is 11.6 Å². The average Bonchev–Trinajstić information content (AvgIpc) is 2.97. The molecule has 0 fully saturated rings. The Morgan fingerprint density at radius 1 is 1.40 bits per heavy atom. The van der Waals surface area contributed by atoms with Crippen molar-refractivity contribution in [3.8, 4) is 5.75 Å². The van der Waals surface area contributed by atoms with Crippen LogP contribution in [-0.4, -0.2) is 24.1 Å². The van der Waals surface area contributed by atoms with Crippen LogP contribution in [0.3, 0.4) is 0 Å². The highest BCUT2D eigenvalue weighted by atomic mass is 35.5. The standard InChI is InChI=1S/C16H19ClF2N4OS/c1-3-20-16(22-8-14-10(2)23-9-25-14)21-7-11-6-12(17)4-5-13(11)24-15(18)19/h4-6,9,15H,3,7-8H2,1-2H3,(H2,20,21,22). The minimum absolute atomic E-state index is 0.0669. The molecule has 0 radical (unpaired) electrons. The third-order valence-corrected chi connectivity index (χ3v) is 4.42. The summed E-state index contributed by atoms with van der Waals surface area (Å²) >= 11 is 7.51. The first-order chi connectivity index (χ1) is 12.0. The van der Waals surface area contributed by atoms with Crippen LogP contribution in [0.15, 0.2) is 28.7 Å². The van der Waals surface area contributed by atoms with Crippen LogP contribution in [-0.2, 0) is 13.1 Å². The molecule has 1 aromatic heterocycles. The molecule has 0 saturated heterocycles. The molecular weight excluding hydrogens is 370 g/mol. The molecule has 0 saturated carbocycles. The summed E-state index contributed by atoms with van der Waals surface area (Å²) in [6, 6.07) is 4.49. The lowest BCUT2D eigenvalue weighted by atomic mass is 10.2. The number of rotatable bonds is 7. The minimum Gasteiger partial charge on any atom is -0.434 e. The number of ether oxygens (including phenoxy) is 1. The van der Waals surface area contributed by atoms with Crippen molar-refractivity contribution in [2.45, 2.75) is 33.5 Å². The summed E-state index contributed by atoms with van der Waals surface area (Å²) in [5.41, 5.74) is 3.24. The molecule has 25 heavy (non-hydrogen) atoms. The molecule has 136 valence electrons. The molecule has 1 heterocycles. The zero-order valence-corrected chi connectivity index (χ0v) is 15.4. The molecular formula is C16H19ClF2N4OS. The maximum atomic E-state index is 12.5. The van der Waals surface area contributed by atoms with Gasteiger partial charge >= 0.3 is 6.61 Å². The number of hydrogen-bond donors (Lipinski definition) is 2. The number of aliphatic imine (C=N–C) groups is 1. The number of benzene rings is 1. The number of hydrogen-bond acceptors (Lipinski definition) is 4. The minimum atomic E-state index is -2.90. The molecule has 0 spiro atoms. The summed E-state index contributed by atoms with van der Waals surface area (Å²) in [6.45, 7) is 2.39. The van der Waals surface area contributed by atoms with Crippen molar-refractivity contribution < 1.29 is 13.5 Å². The van der Waals surface area contributed by atoms with E-state index in [1.807, 2.05) is 13.8 Å². The molecule has 5 nitrogen and oxygen atoms in total. The molecule has 9 heteroatoms. The van der Waals surface area contributed by atoms with Gasteiger partial charge in [-0.2, -0.15) is 8.78 Å². The van der Waals surface area contributed by atoms with Crippen LogP contribution in [0, 0.1) is 6.92 Å². The summed E-state index contributed by atoms with van der Waals surface area (Å²) < 4.78 is 29.6. The van der Waals surface area contributed by atoms with E-state index >= 15 is 0 Å². The van der Waals surface area contributed by atoms with Crippen LogP contribution in [0.5, 0.6) is 5.75 Å². The summed E-state index contributed by atoms with van der Waals surface area (Å²) in [5, 5.41) is 6.74. The second kappa shape index (κ2) is 9.53. The first-order valence-electron chi connectivity index (χ1n) is 7.64. The van der Waals surface area contributed by atoms with Crippen LogP contribution >= 0.6 is 22.9 Å². The Balaban J connectivity index is 2.09. The molecule has 1 aromatic carbocycles. The first kappa shape index (κ1) is 19.4. The Morgan fingerprint density at radius 3 is 2.84 bits per heavy atom. The van der Waals surface area contributed by atoms with Crippen molar-refractivity contribution in [1.82, 2.24) is 15.6 Å². The van der Waals surface area contributed by atoms with Gasteiger partial charge in [-0.05, 0) is 32.0 Å². The van der Waals surface area contributed by atoms with Crippen molar-refractivity contribution in [3.63, 3.8) is 0 Å².